The van der Waals surface area contributed by atoms with Gasteiger partial charge in [-0.05, 0) is 67.0 Å². The van der Waals surface area contributed by atoms with Gasteiger partial charge in [0.15, 0.2) is 11.4 Å². The quantitative estimate of drug-likeness (QED) is 0.422. The number of halogens is 3. The molecule has 1 aliphatic rings. The van der Waals surface area contributed by atoms with E-state index in [0.29, 0.717) is 16.3 Å². The third-order valence-electron chi connectivity index (χ3n) is 4.58. The summed E-state index contributed by atoms with van der Waals surface area (Å²) in [6.45, 7) is 2.66. The minimum atomic E-state index is -0.368. The molecule has 0 bridgehead atoms. The lowest BCUT2D eigenvalue weighted by Crippen LogP contribution is -2.19. The van der Waals surface area contributed by atoms with Crippen molar-refractivity contribution in [3.8, 4) is 5.75 Å². The molecule has 0 radical (unpaired) electrons. The van der Waals surface area contributed by atoms with Crippen molar-refractivity contribution in [3.05, 3.63) is 43.8 Å². The first kappa shape index (κ1) is 19.2. The predicted octanol–water partition coefficient (Wildman–Crippen LogP) is 5.58. The van der Waals surface area contributed by atoms with E-state index in [1.807, 2.05) is 29.8 Å². The van der Waals surface area contributed by atoms with Crippen LogP contribution in [-0.4, -0.2) is 26.6 Å². The van der Waals surface area contributed by atoms with Gasteiger partial charge in [0.2, 0.25) is 0 Å². The fourth-order valence-electron chi connectivity index (χ4n) is 3.27. The molecule has 1 unspecified atom stereocenters. The van der Waals surface area contributed by atoms with Crippen LogP contribution in [0.4, 0.5) is 0 Å². The molecule has 6 nitrogen and oxygen atoms in total. The second-order valence-corrected chi connectivity index (χ2v) is 8.18. The number of benzene rings is 1. The van der Waals surface area contributed by atoms with Crippen molar-refractivity contribution < 1.29 is 9.47 Å². The Kier molecular flexibility index (Phi) is 5.73. The highest BCUT2D eigenvalue weighted by Gasteiger charge is 2.22. The van der Waals surface area contributed by atoms with Crippen LogP contribution in [0.2, 0.25) is 10.2 Å². The Bertz CT molecular complexity index is 955. The molecule has 0 amide bonds. The highest BCUT2D eigenvalue weighted by atomic mass is 127. The summed E-state index contributed by atoms with van der Waals surface area (Å²) >= 11 is 14.6. The summed E-state index contributed by atoms with van der Waals surface area (Å²) in [6, 6.07) is 5.92. The fraction of sp³-hybridized carbons (Fsp3) is 0.389. The normalized spacial score (nSPS) is 18.6. The molecule has 4 rings (SSSR count). The minimum absolute atomic E-state index is 0.00374. The molecule has 0 aliphatic carbocycles. The summed E-state index contributed by atoms with van der Waals surface area (Å²) in [7, 11) is 0. The summed E-state index contributed by atoms with van der Waals surface area (Å²) < 4.78 is 14.8. The molecular formula is C18H17Cl2IN4O2. The molecular weight excluding hydrogens is 502 g/mol. The number of nitrogens with zero attached hydrogens (tertiary/aromatic N) is 4. The van der Waals surface area contributed by atoms with Gasteiger partial charge in [-0.1, -0.05) is 23.2 Å². The summed E-state index contributed by atoms with van der Waals surface area (Å²) in [5, 5.41) is 14.0. The molecule has 3 heterocycles. The van der Waals surface area contributed by atoms with Crippen molar-refractivity contribution in [3.63, 3.8) is 0 Å². The van der Waals surface area contributed by atoms with Gasteiger partial charge in [-0.2, -0.15) is 10.2 Å². The van der Waals surface area contributed by atoms with E-state index in [-0.39, 0.29) is 17.5 Å². The van der Waals surface area contributed by atoms with Crippen molar-refractivity contribution >= 4 is 56.7 Å². The van der Waals surface area contributed by atoms with Gasteiger partial charge < -0.3 is 9.47 Å². The van der Waals surface area contributed by atoms with E-state index in [4.69, 9.17) is 32.7 Å². The zero-order chi connectivity index (χ0) is 19.0. The maximum Gasteiger partial charge on any atom is 0.160 e. The van der Waals surface area contributed by atoms with Crippen LogP contribution in [0.5, 0.6) is 5.75 Å². The molecule has 2 atom stereocenters. The average Bonchev–Trinajstić information content (AvgIpc) is 2.99. The van der Waals surface area contributed by atoms with Gasteiger partial charge in [-0.15, -0.1) is 5.10 Å². The van der Waals surface area contributed by atoms with Gasteiger partial charge in [0.25, 0.3) is 0 Å². The molecule has 1 fully saturated rings. The molecule has 1 aliphatic heterocycles. The van der Waals surface area contributed by atoms with Crippen LogP contribution in [0.1, 0.15) is 44.1 Å². The molecule has 0 saturated carbocycles. The van der Waals surface area contributed by atoms with Crippen molar-refractivity contribution in [1.29, 1.82) is 0 Å². The van der Waals surface area contributed by atoms with Crippen molar-refractivity contribution in [1.82, 2.24) is 20.0 Å². The van der Waals surface area contributed by atoms with Gasteiger partial charge in [0.05, 0.1) is 22.3 Å². The number of hydrogen-bond acceptors (Lipinski definition) is 5. The molecule has 142 valence electrons. The number of aromatic nitrogens is 4. The predicted molar refractivity (Wildman–Crippen MR) is 112 cm³/mol. The van der Waals surface area contributed by atoms with Gasteiger partial charge in [-0.3, -0.25) is 0 Å². The van der Waals surface area contributed by atoms with Gasteiger partial charge in [0, 0.05) is 12.0 Å². The first-order valence-corrected chi connectivity index (χ1v) is 10.5. The Labute approximate surface area is 180 Å². The molecule has 1 aromatic carbocycles. The Hall–Kier alpha value is -1.16. The zero-order valence-electron chi connectivity index (χ0n) is 14.5. The maximum atomic E-state index is 6.20. The van der Waals surface area contributed by atoms with Crippen LogP contribution < -0.4 is 4.74 Å². The SMILES string of the molecule is C[C@H](Oc1ccc2c(c1)c(I)nn2C1CCCCO1)c1c(Cl)cnnc1Cl. The van der Waals surface area contributed by atoms with E-state index in [0.717, 1.165) is 40.5 Å². The smallest absolute Gasteiger partial charge is 0.160 e. The molecule has 1 saturated heterocycles. The maximum absolute atomic E-state index is 6.20. The van der Waals surface area contributed by atoms with E-state index in [2.05, 4.69) is 37.9 Å². The third kappa shape index (κ3) is 3.87. The van der Waals surface area contributed by atoms with Crippen molar-refractivity contribution in [2.45, 2.75) is 38.5 Å². The fourth-order valence-corrected chi connectivity index (χ4v) is 4.57. The van der Waals surface area contributed by atoms with E-state index < -0.39 is 0 Å². The Morgan fingerprint density at radius 1 is 1.33 bits per heavy atom. The van der Waals surface area contributed by atoms with Crippen LogP contribution in [-0.2, 0) is 4.74 Å². The van der Waals surface area contributed by atoms with Crippen LogP contribution in [0.25, 0.3) is 10.9 Å². The van der Waals surface area contributed by atoms with Gasteiger partial charge in [0.1, 0.15) is 15.6 Å². The molecule has 9 heteroatoms. The molecule has 0 N–H and O–H groups in total. The second-order valence-electron chi connectivity index (χ2n) is 6.39. The summed E-state index contributed by atoms with van der Waals surface area (Å²) in [5.41, 5.74) is 1.65. The standard InChI is InChI=1S/C18H17Cl2IN4O2/c1-10(16-13(19)9-22-23-17(16)20)27-11-5-6-14-12(8-11)18(21)24-25(14)15-4-2-3-7-26-15/h5-6,8-10,15H,2-4,7H2,1H3/t10-,15?/m0/s1. The van der Waals surface area contributed by atoms with E-state index >= 15 is 0 Å². The Morgan fingerprint density at radius 2 is 2.19 bits per heavy atom. The highest BCUT2D eigenvalue weighted by Crippen LogP contribution is 2.34. The lowest BCUT2D eigenvalue weighted by Gasteiger charge is -2.23. The van der Waals surface area contributed by atoms with Crippen molar-refractivity contribution in [2.75, 3.05) is 6.61 Å². The second kappa shape index (κ2) is 8.06. The average molecular weight is 519 g/mol. The Morgan fingerprint density at radius 3 is 2.93 bits per heavy atom. The molecule has 27 heavy (non-hydrogen) atoms. The van der Waals surface area contributed by atoms with E-state index in [1.165, 1.54) is 6.20 Å². The van der Waals surface area contributed by atoms with Crippen LogP contribution >= 0.6 is 45.8 Å². The lowest BCUT2D eigenvalue weighted by atomic mass is 10.2. The lowest BCUT2D eigenvalue weighted by molar-refractivity contribution is -0.0368. The minimum Gasteiger partial charge on any atom is -0.486 e. The Balaban J connectivity index is 1.63. The van der Waals surface area contributed by atoms with Crippen LogP contribution in [0.3, 0.4) is 0 Å². The monoisotopic (exact) mass is 518 g/mol. The van der Waals surface area contributed by atoms with Crippen LogP contribution in [0, 0.1) is 3.70 Å². The number of rotatable bonds is 4. The number of ether oxygens (including phenoxy) is 2. The highest BCUT2D eigenvalue weighted by molar-refractivity contribution is 14.1. The number of fused-ring (bicyclic) bond motifs is 1. The van der Waals surface area contributed by atoms with Gasteiger partial charge in [-0.25, -0.2) is 4.68 Å². The topological polar surface area (TPSA) is 62.1 Å². The largest absolute Gasteiger partial charge is 0.486 e. The summed E-state index contributed by atoms with van der Waals surface area (Å²) in [5.74, 6) is 0.709. The van der Waals surface area contributed by atoms with Crippen LogP contribution in [0.15, 0.2) is 24.4 Å². The molecule has 2 aromatic heterocycles. The molecule has 3 aromatic rings. The molecule has 0 spiro atoms. The first-order chi connectivity index (χ1) is 13.0. The number of hydrogen-bond donors (Lipinski definition) is 0. The zero-order valence-corrected chi connectivity index (χ0v) is 18.2. The third-order valence-corrected chi connectivity index (χ3v) is 5.95. The van der Waals surface area contributed by atoms with Gasteiger partial charge >= 0.3 is 0 Å². The summed E-state index contributed by atoms with van der Waals surface area (Å²) in [4.78, 5) is 0. The van der Waals surface area contributed by atoms with Crippen molar-refractivity contribution in [2.24, 2.45) is 0 Å². The van der Waals surface area contributed by atoms with E-state index in [1.54, 1.807) is 0 Å². The van der Waals surface area contributed by atoms with E-state index in [9.17, 15) is 0 Å². The first-order valence-electron chi connectivity index (χ1n) is 8.67. The summed E-state index contributed by atoms with van der Waals surface area (Å²) in [6.07, 6.45) is 4.33.